The van der Waals surface area contributed by atoms with E-state index in [0.29, 0.717) is 49.9 Å². The van der Waals surface area contributed by atoms with Gasteiger partial charge < -0.3 is 14.8 Å². The maximum atomic E-state index is 8.10. The second-order valence-electron chi connectivity index (χ2n) is 4.66. The third-order valence-electron chi connectivity index (χ3n) is 3.46. The van der Waals surface area contributed by atoms with Crippen molar-refractivity contribution in [1.82, 2.24) is 5.32 Å². The van der Waals surface area contributed by atoms with Crippen molar-refractivity contribution < 1.29 is 9.47 Å². The Bertz CT molecular complexity index is 724. The van der Waals surface area contributed by atoms with Gasteiger partial charge in [0.15, 0.2) is 5.84 Å². The molecule has 0 unspecified atom stereocenters. The molecule has 0 atom stereocenters. The molecule has 23 heavy (non-hydrogen) atoms. The molecular weight excluding hydrogens is 337 g/mol. The fourth-order valence-electron chi connectivity index (χ4n) is 2.24. The Morgan fingerprint density at radius 2 is 1.74 bits per heavy atom. The number of hydrogen-bond donors (Lipinski definition) is 2. The van der Waals surface area contributed by atoms with Crippen molar-refractivity contribution in [3.05, 3.63) is 39.4 Å². The topological polar surface area (TPSA) is 66.7 Å². The van der Waals surface area contributed by atoms with Crippen LogP contribution >= 0.6 is 23.2 Å². The van der Waals surface area contributed by atoms with Gasteiger partial charge in [-0.1, -0.05) is 29.3 Å². The van der Waals surface area contributed by atoms with Gasteiger partial charge in [0.05, 0.1) is 30.0 Å². The Balaban J connectivity index is 2.73. The summed E-state index contributed by atoms with van der Waals surface area (Å²) in [6.07, 6.45) is 3.62. The van der Waals surface area contributed by atoms with Crippen LogP contribution < -0.4 is 14.8 Å². The van der Waals surface area contributed by atoms with E-state index in [1.54, 1.807) is 19.2 Å². The van der Waals surface area contributed by atoms with Crippen molar-refractivity contribution in [3.8, 4) is 11.5 Å². The fourth-order valence-corrected chi connectivity index (χ4v) is 2.95. The van der Waals surface area contributed by atoms with E-state index >= 15 is 0 Å². The first-order chi connectivity index (χ1) is 11.0. The fraction of sp³-hybridized carbons (Fsp3) is 0.250. The number of hydrogen-bond acceptors (Lipinski definition) is 4. The number of benzene rings is 1. The van der Waals surface area contributed by atoms with Gasteiger partial charge in [0.25, 0.3) is 0 Å². The highest BCUT2D eigenvalue weighted by atomic mass is 35.5. The third kappa shape index (κ3) is 3.07. The van der Waals surface area contributed by atoms with Crippen LogP contribution in [0.25, 0.3) is 5.70 Å². The van der Waals surface area contributed by atoms with Crippen LogP contribution in [0.5, 0.6) is 11.5 Å². The van der Waals surface area contributed by atoms with Gasteiger partial charge in [-0.25, -0.2) is 0 Å². The number of nitrogens with one attached hydrogen (secondary N) is 2. The summed E-state index contributed by atoms with van der Waals surface area (Å²) in [5.74, 6) is 1.33. The van der Waals surface area contributed by atoms with Gasteiger partial charge in [0.2, 0.25) is 0 Å². The molecule has 122 valence electrons. The Kier molecular flexibility index (Phi) is 5.34. The lowest BCUT2D eigenvalue weighted by molar-refractivity contribution is 0.394. The lowest BCUT2D eigenvalue weighted by Gasteiger charge is -2.23. The van der Waals surface area contributed by atoms with Crippen molar-refractivity contribution in [3.63, 3.8) is 0 Å². The Morgan fingerprint density at radius 1 is 1.17 bits per heavy atom. The van der Waals surface area contributed by atoms with Crippen LogP contribution in [0.3, 0.4) is 0 Å². The van der Waals surface area contributed by atoms with Crippen LogP contribution in [0.2, 0.25) is 10.0 Å². The van der Waals surface area contributed by atoms with E-state index in [-0.39, 0.29) is 0 Å². The summed E-state index contributed by atoms with van der Waals surface area (Å²) in [6.45, 7) is 1.85. The zero-order valence-electron chi connectivity index (χ0n) is 13.3. The lowest BCUT2D eigenvalue weighted by Crippen LogP contribution is -2.34. The maximum absolute atomic E-state index is 8.10. The molecule has 0 radical (unpaired) electrons. The number of allylic oxidation sites excluding steroid dienone is 2. The van der Waals surface area contributed by atoms with E-state index in [1.807, 2.05) is 13.0 Å². The minimum absolute atomic E-state index is 0.306. The average Bonchev–Trinajstić information content (AvgIpc) is 2.56. The Hall–Kier alpha value is -1.98. The van der Waals surface area contributed by atoms with Crippen LogP contribution in [0.15, 0.2) is 28.8 Å². The quantitative estimate of drug-likeness (QED) is 0.864. The minimum atomic E-state index is 0.306. The standard InChI is InChI=1S/C16H17Cl2N3O2/c1-5-8-6-9(21-16(20-2)15(8)19)12-13(17)10(22-3)7-11(23-4)14(12)18/h5-7,19H,1-4H3,(H,20,21)/b8-5-,19-15?. The molecule has 2 N–H and O–H groups in total. The highest BCUT2D eigenvalue weighted by molar-refractivity contribution is 6.50. The minimum Gasteiger partial charge on any atom is -0.495 e. The second-order valence-corrected chi connectivity index (χ2v) is 5.41. The molecule has 1 aromatic carbocycles. The normalized spacial score (nSPS) is 18.0. The summed E-state index contributed by atoms with van der Waals surface area (Å²) < 4.78 is 10.6. The predicted octanol–water partition coefficient (Wildman–Crippen LogP) is 3.95. The first kappa shape index (κ1) is 17.4. The average molecular weight is 354 g/mol. The molecule has 1 heterocycles. The highest BCUT2D eigenvalue weighted by Gasteiger charge is 2.25. The van der Waals surface area contributed by atoms with Crippen molar-refractivity contribution in [2.75, 3.05) is 21.3 Å². The van der Waals surface area contributed by atoms with Crippen LogP contribution in [0.4, 0.5) is 0 Å². The molecule has 0 saturated heterocycles. The largest absolute Gasteiger partial charge is 0.495 e. The van der Waals surface area contributed by atoms with Gasteiger partial charge in [0.1, 0.15) is 17.2 Å². The van der Waals surface area contributed by atoms with Crippen molar-refractivity contribution in [2.45, 2.75) is 6.92 Å². The van der Waals surface area contributed by atoms with E-state index in [4.69, 9.17) is 38.1 Å². The summed E-state index contributed by atoms with van der Waals surface area (Å²) in [7, 11) is 4.66. The molecule has 0 bridgehead atoms. The summed E-state index contributed by atoms with van der Waals surface area (Å²) in [6, 6.07) is 1.63. The second kappa shape index (κ2) is 7.06. The molecule has 0 aliphatic carbocycles. The molecule has 1 aromatic rings. The number of ether oxygens (including phenoxy) is 2. The Morgan fingerprint density at radius 3 is 2.17 bits per heavy atom. The number of nitrogens with zero attached hydrogens (tertiary/aromatic N) is 1. The summed E-state index contributed by atoms with van der Waals surface area (Å²) >= 11 is 12.9. The molecule has 2 rings (SSSR count). The SMILES string of the molecule is C/C=C1/C=C(c2c(Cl)c(OC)cc(OC)c2Cl)NC(=NC)C1=N. The van der Waals surface area contributed by atoms with Gasteiger partial charge in [-0.05, 0) is 13.0 Å². The van der Waals surface area contributed by atoms with Gasteiger partial charge in [-0.15, -0.1) is 0 Å². The zero-order chi connectivity index (χ0) is 17.1. The molecule has 0 amide bonds. The van der Waals surface area contributed by atoms with E-state index in [0.717, 1.165) is 0 Å². The molecule has 1 aliphatic rings. The molecule has 7 heteroatoms. The highest BCUT2D eigenvalue weighted by Crippen LogP contribution is 2.43. The molecule has 0 aromatic heterocycles. The maximum Gasteiger partial charge on any atom is 0.151 e. The van der Waals surface area contributed by atoms with Gasteiger partial charge in [-0.2, -0.15) is 0 Å². The monoisotopic (exact) mass is 353 g/mol. The van der Waals surface area contributed by atoms with Crippen molar-refractivity contribution >= 4 is 40.4 Å². The van der Waals surface area contributed by atoms with Gasteiger partial charge >= 0.3 is 0 Å². The van der Waals surface area contributed by atoms with Gasteiger partial charge in [-0.3, -0.25) is 10.4 Å². The zero-order valence-corrected chi connectivity index (χ0v) is 14.8. The van der Waals surface area contributed by atoms with E-state index in [1.165, 1.54) is 14.2 Å². The summed E-state index contributed by atoms with van der Waals surface area (Å²) in [5.41, 5.74) is 2.19. The number of amidine groups is 1. The molecule has 0 fully saturated rings. The predicted molar refractivity (Wildman–Crippen MR) is 95.5 cm³/mol. The van der Waals surface area contributed by atoms with Crippen LogP contribution in [0, 0.1) is 5.41 Å². The van der Waals surface area contributed by atoms with Crippen LogP contribution in [-0.4, -0.2) is 32.8 Å². The first-order valence-corrected chi connectivity index (χ1v) is 7.55. The third-order valence-corrected chi connectivity index (χ3v) is 4.21. The lowest BCUT2D eigenvalue weighted by atomic mass is 9.99. The van der Waals surface area contributed by atoms with E-state index < -0.39 is 0 Å². The van der Waals surface area contributed by atoms with Gasteiger partial charge in [0, 0.05) is 24.3 Å². The number of methoxy groups -OCH3 is 2. The molecule has 0 spiro atoms. The smallest absolute Gasteiger partial charge is 0.151 e. The molecular formula is C16H17Cl2N3O2. The van der Waals surface area contributed by atoms with E-state index in [2.05, 4.69) is 10.3 Å². The Labute approximate surface area is 145 Å². The first-order valence-electron chi connectivity index (χ1n) is 6.79. The number of halogens is 2. The van der Waals surface area contributed by atoms with E-state index in [9.17, 15) is 0 Å². The molecule has 0 saturated carbocycles. The van der Waals surface area contributed by atoms with Crippen LogP contribution in [-0.2, 0) is 0 Å². The number of aliphatic imine (C=N–C) groups is 1. The number of rotatable bonds is 3. The molecule has 5 nitrogen and oxygen atoms in total. The van der Waals surface area contributed by atoms with Crippen LogP contribution in [0.1, 0.15) is 12.5 Å². The summed E-state index contributed by atoms with van der Waals surface area (Å²) in [5, 5.41) is 11.9. The van der Waals surface area contributed by atoms with Crippen molar-refractivity contribution in [1.29, 1.82) is 5.41 Å². The van der Waals surface area contributed by atoms with Crippen molar-refractivity contribution in [2.24, 2.45) is 4.99 Å². The molecule has 1 aliphatic heterocycles. The summed E-state index contributed by atoms with van der Waals surface area (Å²) in [4.78, 5) is 4.10.